The first-order valence-corrected chi connectivity index (χ1v) is 8.80. The van der Waals surface area contributed by atoms with Gasteiger partial charge in [-0.25, -0.2) is 12.8 Å². The summed E-state index contributed by atoms with van der Waals surface area (Å²) in [5, 5.41) is -0.783. The molecule has 20 heavy (non-hydrogen) atoms. The second-order valence-corrected chi connectivity index (χ2v) is 7.89. The van der Waals surface area contributed by atoms with Crippen molar-refractivity contribution in [3.63, 3.8) is 0 Å². The highest BCUT2D eigenvalue weighted by Gasteiger charge is 2.33. The maximum atomic E-state index is 13.2. The third-order valence-corrected chi connectivity index (χ3v) is 6.45. The molecule has 1 aromatic carbocycles. The van der Waals surface area contributed by atoms with Crippen LogP contribution in [-0.4, -0.2) is 19.7 Å². The molecule has 1 fully saturated rings. The van der Waals surface area contributed by atoms with Crippen LogP contribution in [0.25, 0.3) is 0 Å². The molecule has 3 nitrogen and oxygen atoms in total. The van der Waals surface area contributed by atoms with E-state index < -0.39 is 20.9 Å². The van der Waals surface area contributed by atoms with Crippen LogP contribution >= 0.6 is 11.6 Å². The van der Waals surface area contributed by atoms with Crippen LogP contribution in [0.4, 0.5) is 4.39 Å². The van der Waals surface area contributed by atoms with E-state index in [0.29, 0.717) is 12.8 Å². The summed E-state index contributed by atoms with van der Waals surface area (Å²) in [5.41, 5.74) is 6.05. The van der Waals surface area contributed by atoms with Crippen molar-refractivity contribution in [2.45, 2.75) is 54.7 Å². The van der Waals surface area contributed by atoms with Crippen LogP contribution in [0.5, 0.6) is 0 Å². The topological polar surface area (TPSA) is 60.2 Å². The van der Waals surface area contributed by atoms with Gasteiger partial charge < -0.3 is 5.73 Å². The lowest BCUT2D eigenvalue weighted by atomic mass is 9.97. The first-order chi connectivity index (χ1) is 9.43. The molecule has 0 saturated heterocycles. The minimum atomic E-state index is -3.57. The Morgan fingerprint density at radius 1 is 1.15 bits per heavy atom. The van der Waals surface area contributed by atoms with Gasteiger partial charge in [-0.2, -0.15) is 0 Å². The Bertz CT molecular complexity index is 577. The average molecular weight is 320 g/mol. The van der Waals surface area contributed by atoms with E-state index in [1.165, 1.54) is 12.1 Å². The molecular weight excluding hydrogens is 301 g/mol. The fraction of sp³-hybridized carbons (Fsp3) is 0.571. The summed E-state index contributed by atoms with van der Waals surface area (Å²) in [7, 11) is -3.57. The highest BCUT2D eigenvalue weighted by molar-refractivity contribution is 7.92. The van der Waals surface area contributed by atoms with Crippen LogP contribution in [0.15, 0.2) is 23.1 Å². The predicted molar refractivity (Wildman–Crippen MR) is 78.1 cm³/mol. The summed E-state index contributed by atoms with van der Waals surface area (Å²) in [6, 6.07) is 3.16. The van der Waals surface area contributed by atoms with E-state index in [1.807, 2.05) is 0 Å². The molecule has 0 spiro atoms. The van der Waals surface area contributed by atoms with Crippen molar-refractivity contribution in [3.05, 3.63) is 29.0 Å². The number of nitrogens with two attached hydrogens (primary N) is 1. The van der Waals surface area contributed by atoms with Gasteiger partial charge in [-0.1, -0.05) is 37.3 Å². The molecule has 0 heterocycles. The number of sulfone groups is 1. The molecule has 2 atom stereocenters. The molecular formula is C14H19ClFNO2S. The molecule has 1 aromatic rings. The highest BCUT2D eigenvalue weighted by atomic mass is 35.5. The smallest absolute Gasteiger partial charge is 0.182 e. The Balaban J connectivity index is 2.33. The zero-order chi connectivity index (χ0) is 14.8. The molecule has 0 bridgehead atoms. The normalized spacial score (nSPS) is 24.9. The molecule has 1 aliphatic carbocycles. The van der Waals surface area contributed by atoms with Gasteiger partial charge in [-0.3, -0.25) is 0 Å². The van der Waals surface area contributed by atoms with Crippen LogP contribution in [-0.2, 0) is 9.84 Å². The summed E-state index contributed by atoms with van der Waals surface area (Å²) >= 11 is 5.68. The summed E-state index contributed by atoms with van der Waals surface area (Å²) in [4.78, 5) is 0.0601. The van der Waals surface area contributed by atoms with Crippen LogP contribution < -0.4 is 5.73 Å². The Kier molecular flexibility index (Phi) is 5.04. The number of benzene rings is 1. The fourth-order valence-electron chi connectivity index (χ4n) is 2.69. The Labute approximate surface area is 124 Å². The molecule has 1 aliphatic rings. The van der Waals surface area contributed by atoms with Crippen LogP contribution in [0, 0.1) is 5.82 Å². The molecule has 0 radical (unpaired) electrons. The van der Waals surface area contributed by atoms with Crippen molar-refractivity contribution in [1.82, 2.24) is 0 Å². The van der Waals surface area contributed by atoms with Crippen molar-refractivity contribution < 1.29 is 12.8 Å². The zero-order valence-corrected chi connectivity index (χ0v) is 12.8. The molecule has 112 valence electrons. The largest absolute Gasteiger partial charge is 0.327 e. The third kappa shape index (κ3) is 3.32. The van der Waals surface area contributed by atoms with Crippen molar-refractivity contribution in [1.29, 1.82) is 0 Å². The van der Waals surface area contributed by atoms with Crippen LogP contribution in [0.3, 0.4) is 0 Å². The van der Waals surface area contributed by atoms with E-state index in [4.69, 9.17) is 17.3 Å². The first kappa shape index (κ1) is 15.7. The van der Waals surface area contributed by atoms with Crippen molar-refractivity contribution in [3.8, 4) is 0 Å². The molecule has 1 saturated carbocycles. The highest BCUT2D eigenvalue weighted by Crippen LogP contribution is 2.28. The second kappa shape index (κ2) is 6.41. The van der Waals surface area contributed by atoms with Gasteiger partial charge >= 0.3 is 0 Å². The third-order valence-electron chi connectivity index (χ3n) is 3.87. The van der Waals surface area contributed by atoms with E-state index >= 15 is 0 Å². The molecule has 0 amide bonds. The first-order valence-electron chi connectivity index (χ1n) is 6.87. The second-order valence-electron chi connectivity index (χ2n) is 5.31. The Morgan fingerprint density at radius 2 is 1.80 bits per heavy atom. The Hall–Kier alpha value is -0.650. The molecule has 0 aromatic heterocycles. The minimum Gasteiger partial charge on any atom is -0.327 e. The van der Waals surface area contributed by atoms with Crippen molar-refractivity contribution >= 4 is 21.4 Å². The maximum absolute atomic E-state index is 13.2. The van der Waals surface area contributed by atoms with Gasteiger partial charge in [0.25, 0.3) is 0 Å². The Morgan fingerprint density at radius 3 is 2.45 bits per heavy atom. The van der Waals surface area contributed by atoms with Crippen molar-refractivity contribution in [2.24, 2.45) is 5.73 Å². The van der Waals surface area contributed by atoms with Gasteiger partial charge in [0.05, 0.1) is 15.2 Å². The predicted octanol–water partition coefficient (Wildman–Crippen LogP) is 3.30. The lowest BCUT2D eigenvalue weighted by Gasteiger charge is -2.26. The van der Waals surface area contributed by atoms with E-state index in [0.717, 1.165) is 31.7 Å². The number of halogens is 2. The van der Waals surface area contributed by atoms with E-state index in [1.54, 1.807) is 0 Å². The van der Waals surface area contributed by atoms with E-state index in [-0.39, 0.29) is 16.0 Å². The monoisotopic (exact) mass is 319 g/mol. The lowest BCUT2D eigenvalue weighted by Crippen LogP contribution is -2.41. The summed E-state index contributed by atoms with van der Waals surface area (Å²) in [5.74, 6) is -0.618. The number of rotatable bonds is 2. The van der Waals surface area contributed by atoms with Gasteiger partial charge in [0.15, 0.2) is 9.84 Å². The zero-order valence-electron chi connectivity index (χ0n) is 11.2. The quantitative estimate of drug-likeness (QED) is 0.851. The van der Waals surface area contributed by atoms with E-state index in [2.05, 4.69) is 0 Å². The summed E-state index contributed by atoms with van der Waals surface area (Å²) in [6.07, 6.45) is 5.20. The molecule has 2 N–H and O–H groups in total. The van der Waals surface area contributed by atoms with Crippen molar-refractivity contribution in [2.75, 3.05) is 0 Å². The lowest BCUT2D eigenvalue weighted by molar-refractivity contribution is 0.444. The number of hydrogen-bond acceptors (Lipinski definition) is 3. The minimum absolute atomic E-state index is 0.0601. The van der Waals surface area contributed by atoms with Crippen LogP contribution in [0.2, 0.25) is 5.02 Å². The van der Waals surface area contributed by atoms with Crippen LogP contribution in [0.1, 0.15) is 38.5 Å². The SMILES string of the molecule is NC1CCCCCCC1S(=O)(=O)c1ccc(F)c(Cl)c1. The van der Waals surface area contributed by atoms with Gasteiger partial charge in [-0.05, 0) is 31.0 Å². The molecule has 2 rings (SSSR count). The summed E-state index contributed by atoms with van der Waals surface area (Å²) < 4.78 is 38.5. The van der Waals surface area contributed by atoms with Gasteiger partial charge in [-0.15, -0.1) is 0 Å². The van der Waals surface area contributed by atoms with Gasteiger partial charge in [0.2, 0.25) is 0 Å². The average Bonchev–Trinajstić information content (AvgIpc) is 2.37. The standard InChI is InChI=1S/C14H19ClFNO2S/c15-11-9-10(7-8-12(11)16)20(18,19)14-6-4-2-1-3-5-13(14)17/h7-9,13-14H,1-6,17H2. The van der Waals surface area contributed by atoms with E-state index in [9.17, 15) is 12.8 Å². The van der Waals surface area contributed by atoms with Gasteiger partial charge in [0, 0.05) is 6.04 Å². The molecule has 0 aliphatic heterocycles. The molecule has 6 heteroatoms. The number of hydrogen-bond donors (Lipinski definition) is 1. The summed E-state index contributed by atoms with van der Waals surface area (Å²) in [6.45, 7) is 0. The fourth-order valence-corrected chi connectivity index (χ4v) is 4.90. The maximum Gasteiger partial charge on any atom is 0.182 e. The molecule has 2 unspecified atom stereocenters. The van der Waals surface area contributed by atoms with Gasteiger partial charge in [0.1, 0.15) is 5.82 Å².